The second-order valence-corrected chi connectivity index (χ2v) is 6.21. The van der Waals surface area contributed by atoms with Crippen LogP contribution < -0.4 is 10.2 Å². The molecule has 1 heterocycles. The van der Waals surface area contributed by atoms with Crippen LogP contribution in [0.15, 0.2) is 35.7 Å². The van der Waals surface area contributed by atoms with Gasteiger partial charge in [0.2, 0.25) is 0 Å². The predicted octanol–water partition coefficient (Wildman–Crippen LogP) is 4.19. The van der Waals surface area contributed by atoms with E-state index in [-0.39, 0.29) is 0 Å². The van der Waals surface area contributed by atoms with Crippen LogP contribution in [0.1, 0.15) is 17.4 Å². The zero-order valence-electron chi connectivity index (χ0n) is 12.0. The Kier molecular flexibility index (Phi) is 5.89. The van der Waals surface area contributed by atoms with Crippen LogP contribution in [-0.4, -0.2) is 20.1 Å². The van der Waals surface area contributed by atoms with Crippen molar-refractivity contribution < 1.29 is 0 Å². The highest BCUT2D eigenvalue weighted by molar-refractivity contribution is 7.09. The minimum Gasteiger partial charge on any atom is -0.374 e. The summed E-state index contributed by atoms with van der Waals surface area (Å²) in [5, 5.41) is 6.33. The van der Waals surface area contributed by atoms with E-state index in [0.717, 1.165) is 31.1 Å². The number of hydrogen-bond acceptors (Lipinski definition) is 3. The third-order valence-electron chi connectivity index (χ3n) is 3.33. The fourth-order valence-electron chi connectivity index (χ4n) is 2.18. The van der Waals surface area contributed by atoms with Crippen LogP contribution in [0, 0.1) is 0 Å². The van der Waals surface area contributed by atoms with Gasteiger partial charge in [0.05, 0.1) is 0 Å². The molecule has 1 aromatic carbocycles. The molecule has 0 fully saturated rings. The SMILES string of the molecule is CCNCc1c(Cl)cccc1N(C)CCc1cccs1. The first-order valence-electron chi connectivity index (χ1n) is 6.94. The fourth-order valence-corrected chi connectivity index (χ4v) is 3.12. The van der Waals surface area contributed by atoms with Crippen molar-refractivity contribution in [2.45, 2.75) is 19.9 Å². The lowest BCUT2D eigenvalue weighted by Gasteiger charge is -2.23. The molecule has 2 aromatic rings. The zero-order valence-corrected chi connectivity index (χ0v) is 13.6. The molecule has 2 rings (SSSR count). The van der Waals surface area contributed by atoms with Crippen molar-refractivity contribution in [3.05, 3.63) is 51.2 Å². The van der Waals surface area contributed by atoms with Gasteiger partial charge in [0.1, 0.15) is 0 Å². The van der Waals surface area contributed by atoms with Gasteiger partial charge in [-0.25, -0.2) is 0 Å². The van der Waals surface area contributed by atoms with Gasteiger partial charge in [-0.15, -0.1) is 11.3 Å². The normalized spacial score (nSPS) is 10.8. The number of rotatable bonds is 7. The summed E-state index contributed by atoms with van der Waals surface area (Å²) < 4.78 is 0. The van der Waals surface area contributed by atoms with E-state index in [1.165, 1.54) is 16.1 Å². The summed E-state index contributed by atoms with van der Waals surface area (Å²) in [7, 11) is 2.13. The summed E-state index contributed by atoms with van der Waals surface area (Å²) in [6.07, 6.45) is 1.07. The first-order valence-corrected chi connectivity index (χ1v) is 8.19. The number of anilines is 1. The lowest BCUT2D eigenvalue weighted by Crippen LogP contribution is -2.23. The quantitative estimate of drug-likeness (QED) is 0.825. The maximum atomic E-state index is 6.34. The van der Waals surface area contributed by atoms with Crippen molar-refractivity contribution >= 4 is 28.6 Å². The van der Waals surface area contributed by atoms with Crippen LogP contribution in [0.5, 0.6) is 0 Å². The van der Waals surface area contributed by atoms with Gasteiger partial charge in [0.25, 0.3) is 0 Å². The average Bonchev–Trinajstić information content (AvgIpc) is 2.96. The molecule has 0 aliphatic rings. The molecule has 0 spiro atoms. The maximum Gasteiger partial charge on any atom is 0.0471 e. The first-order chi connectivity index (χ1) is 9.72. The van der Waals surface area contributed by atoms with Crippen molar-refractivity contribution in [2.24, 2.45) is 0 Å². The van der Waals surface area contributed by atoms with E-state index in [4.69, 9.17) is 11.6 Å². The largest absolute Gasteiger partial charge is 0.374 e. The molecule has 1 aromatic heterocycles. The Bertz CT molecular complexity index is 525. The third-order valence-corrected chi connectivity index (χ3v) is 4.62. The van der Waals surface area contributed by atoms with E-state index in [0.29, 0.717) is 0 Å². The van der Waals surface area contributed by atoms with E-state index >= 15 is 0 Å². The molecule has 0 aliphatic carbocycles. The van der Waals surface area contributed by atoms with Gasteiger partial charge in [-0.05, 0) is 36.5 Å². The molecule has 1 N–H and O–H groups in total. The van der Waals surface area contributed by atoms with Crippen molar-refractivity contribution in [1.82, 2.24) is 5.32 Å². The Labute approximate surface area is 130 Å². The van der Waals surface area contributed by atoms with Crippen LogP contribution >= 0.6 is 22.9 Å². The fraction of sp³-hybridized carbons (Fsp3) is 0.375. The highest BCUT2D eigenvalue weighted by Gasteiger charge is 2.10. The van der Waals surface area contributed by atoms with Gasteiger partial charge < -0.3 is 10.2 Å². The number of benzene rings is 1. The highest BCUT2D eigenvalue weighted by atomic mass is 35.5. The molecule has 0 saturated heterocycles. The van der Waals surface area contributed by atoms with E-state index in [1.807, 2.05) is 23.5 Å². The lowest BCUT2D eigenvalue weighted by atomic mass is 10.1. The van der Waals surface area contributed by atoms with Crippen molar-refractivity contribution in [3.63, 3.8) is 0 Å². The summed E-state index contributed by atoms with van der Waals surface area (Å²) >= 11 is 8.16. The number of likely N-dealkylation sites (N-methyl/N-ethyl adjacent to an activating group) is 1. The Balaban J connectivity index is 2.07. The van der Waals surface area contributed by atoms with E-state index < -0.39 is 0 Å². The van der Waals surface area contributed by atoms with Crippen molar-refractivity contribution in [3.8, 4) is 0 Å². The molecule has 0 unspecified atom stereocenters. The summed E-state index contributed by atoms with van der Waals surface area (Å²) in [5.74, 6) is 0. The highest BCUT2D eigenvalue weighted by Crippen LogP contribution is 2.27. The second-order valence-electron chi connectivity index (χ2n) is 4.77. The van der Waals surface area contributed by atoms with Gasteiger partial charge in [-0.3, -0.25) is 0 Å². The molecule has 0 radical (unpaired) electrons. The summed E-state index contributed by atoms with van der Waals surface area (Å²) in [5.41, 5.74) is 2.40. The number of hydrogen-bond donors (Lipinski definition) is 1. The molecular weight excluding hydrogens is 288 g/mol. The molecule has 0 bridgehead atoms. The summed E-state index contributed by atoms with van der Waals surface area (Å²) in [6, 6.07) is 10.4. The van der Waals surface area contributed by atoms with Gasteiger partial charge in [-0.2, -0.15) is 0 Å². The van der Waals surface area contributed by atoms with Crippen molar-refractivity contribution in [1.29, 1.82) is 0 Å². The summed E-state index contributed by atoms with van der Waals surface area (Å²) in [4.78, 5) is 3.71. The Morgan fingerprint density at radius 1 is 1.25 bits per heavy atom. The van der Waals surface area contributed by atoms with E-state index in [1.54, 1.807) is 0 Å². The van der Waals surface area contributed by atoms with E-state index in [2.05, 4.69) is 47.8 Å². The number of nitrogens with one attached hydrogen (secondary N) is 1. The Hall–Kier alpha value is -1.03. The molecule has 0 saturated carbocycles. The molecule has 20 heavy (non-hydrogen) atoms. The van der Waals surface area contributed by atoms with Crippen LogP contribution in [0.4, 0.5) is 5.69 Å². The second kappa shape index (κ2) is 7.67. The molecule has 2 nitrogen and oxygen atoms in total. The van der Waals surface area contributed by atoms with Crippen LogP contribution in [0.25, 0.3) is 0 Å². The van der Waals surface area contributed by atoms with Gasteiger partial charge >= 0.3 is 0 Å². The zero-order chi connectivity index (χ0) is 14.4. The van der Waals surface area contributed by atoms with Crippen LogP contribution in [0.3, 0.4) is 0 Å². The molecular formula is C16H21ClN2S. The van der Waals surface area contributed by atoms with Crippen molar-refractivity contribution in [2.75, 3.05) is 25.0 Å². The molecule has 0 aliphatic heterocycles. The Morgan fingerprint density at radius 2 is 2.10 bits per heavy atom. The van der Waals surface area contributed by atoms with Gasteiger partial charge in [-0.1, -0.05) is 30.7 Å². The molecule has 4 heteroatoms. The molecule has 0 atom stereocenters. The molecule has 108 valence electrons. The average molecular weight is 309 g/mol. The third kappa shape index (κ3) is 3.98. The van der Waals surface area contributed by atoms with Crippen LogP contribution in [-0.2, 0) is 13.0 Å². The maximum absolute atomic E-state index is 6.34. The number of thiophene rings is 1. The predicted molar refractivity (Wildman–Crippen MR) is 90.1 cm³/mol. The smallest absolute Gasteiger partial charge is 0.0471 e. The number of halogens is 1. The monoisotopic (exact) mass is 308 g/mol. The molecule has 0 amide bonds. The van der Waals surface area contributed by atoms with Gasteiger partial charge in [0, 0.05) is 41.3 Å². The first kappa shape index (κ1) is 15.4. The van der Waals surface area contributed by atoms with Crippen LogP contribution in [0.2, 0.25) is 5.02 Å². The van der Waals surface area contributed by atoms with E-state index in [9.17, 15) is 0 Å². The standard InChI is InChI=1S/C16H21ClN2S/c1-3-18-12-14-15(17)7-4-8-16(14)19(2)10-9-13-6-5-11-20-13/h4-8,11,18H,3,9-10,12H2,1-2H3. The topological polar surface area (TPSA) is 15.3 Å². The summed E-state index contributed by atoms with van der Waals surface area (Å²) in [6.45, 7) is 4.87. The van der Waals surface area contributed by atoms with Gasteiger partial charge in [0.15, 0.2) is 0 Å². The number of nitrogens with zero attached hydrogens (tertiary/aromatic N) is 1. The Morgan fingerprint density at radius 3 is 2.80 bits per heavy atom. The minimum atomic E-state index is 0.814. The lowest BCUT2D eigenvalue weighted by molar-refractivity contribution is 0.723. The minimum absolute atomic E-state index is 0.814.